The van der Waals surface area contributed by atoms with E-state index < -0.39 is 40.6 Å². The Kier molecular flexibility index (Phi) is 8.14. The number of halogens is 3. The molecule has 2 heterocycles. The molecule has 0 amide bonds. The van der Waals surface area contributed by atoms with Crippen LogP contribution in [0.4, 0.5) is 18.9 Å². The number of aliphatic hydroxyl groups is 2. The number of anilines is 1. The lowest BCUT2D eigenvalue weighted by Gasteiger charge is -2.38. The Morgan fingerprint density at radius 1 is 1.16 bits per heavy atom. The topological polar surface area (TPSA) is 120 Å². The van der Waals surface area contributed by atoms with Gasteiger partial charge in [-0.25, -0.2) is 17.7 Å². The van der Waals surface area contributed by atoms with Crippen molar-refractivity contribution < 1.29 is 36.2 Å². The minimum absolute atomic E-state index is 0.00732. The highest BCUT2D eigenvalue weighted by atomic mass is 32.2. The van der Waals surface area contributed by atoms with Gasteiger partial charge in [0.15, 0.2) is 0 Å². The zero-order valence-electron chi connectivity index (χ0n) is 19.7. The van der Waals surface area contributed by atoms with Gasteiger partial charge in [0.25, 0.3) is 11.8 Å². The Morgan fingerprint density at radius 2 is 1.89 bits per heavy atom. The van der Waals surface area contributed by atoms with Gasteiger partial charge in [-0.05, 0) is 31.2 Å². The van der Waals surface area contributed by atoms with E-state index in [9.17, 15) is 27.4 Å². The smallest absolute Gasteiger partial charge is 0.314 e. The molecule has 0 aliphatic carbocycles. The Balaban J connectivity index is 1.65. The van der Waals surface area contributed by atoms with Gasteiger partial charge in [0.05, 0.1) is 18.0 Å². The molecule has 2 aromatic carbocycles. The number of aromatic nitrogens is 2. The molecule has 37 heavy (non-hydrogen) atoms. The van der Waals surface area contributed by atoms with Crippen molar-refractivity contribution in [3.05, 3.63) is 65.3 Å². The number of hydrogen-bond donors (Lipinski definition) is 2. The highest BCUT2D eigenvalue weighted by Gasteiger charge is 2.36. The van der Waals surface area contributed by atoms with Crippen molar-refractivity contribution in [2.75, 3.05) is 34.7 Å². The van der Waals surface area contributed by atoms with E-state index in [4.69, 9.17) is 4.42 Å². The largest absolute Gasteiger partial charge is 0.415 e. The molecule has 0 spiro atoms. The minimum atomic E-state index is -3.92. The molecule has 1 fully saturated rings. The molecule has 14 heteroatoms. The molecule has 0 saturated carbocycles. The molecule has 1 saturated heterocycles. The predicted octanol–water partition coefficient (Wildman–Crippen LogP) is 3.31. The Hall–Kier alpha value is -2.65. The van der Waals surface area contributed by atoms with Crippen molar-refractivity contribution in [2.45, 2.75) is 25.8 Å². The normalized spacial score (nSPS) is 15.3. The lowest BCUT2D eigenvalue weighted by atomic mass is 10.1. The van der Waals surface area contributed by atoms with Crippen LogP contribution >= 0.6 is 11.8 Å². The minimum Gasteiger partial charge on any atom is -0.415 e. The van der Waals surface area contributed by atoms with Crippen molar-refractivity contribution in [1.82, 2.24) is 15.1 Å². The molecule has 0 radical (unpaired) electrons. The first-order valence-electron chi connectivity index (χ1n) is 11.3. The van der Waals surface area contributed by atoms with Crippen molar-refractivity contribution in [3.63, 3.8) is 0 Å². The Labute approximate surface area is 216 Å². The average Bonchev–Trinajstić information content (AvgIpc) is 3.39. The first-order valence-corrected chi connectivity index (χ1v) is 14.1. The SMILES string of the molecule is CCS(=O)(=O)N(Cc1ccc(-c2nnc(C(F)F)o2)cc1F)c1cccc(C(O)(O)N2CCSCC2)c1. The van der Waals surface area contributed by atoms with Gasteiger partial charge >= 0.3 is 6.43 Å². The number of sulfonamides is 1. The second-order valence-electron chi connectivity index (χ2n) is 8.24. The van der Waals surface area contributed by atoms with Gasteiger partial charge in [0.1, 0.15) is 5.82 Å². The number of hydrogen-bond acceptors (Lipinski definition) is 9. The maximum absolute atomic E-state index is 15.0. The Bertz CT molecular complexity index is 1350. The second-order valence-corrected chi connectivity index (χ2v) is 11.7. The van der Waals surface area contributed by atoms with Crippen LogP contribution in [0.5, 0.6) is 0 Å². The summed E-state index contributed by atoms with van der Waals surface area (Å²) in [7, 11) is -3.92. The highest BCUT2D eigenvalue weighted by molar-refractivity contribution is 7.99. The molecule has 9 nitrogen and oxygen atoms in total. The second kappa shape index (κ2) is 11.0. The van der Waals surface area contributed by atoms with E-state index in [1.807, 2.05) is 0 Å². The maximum atomic E-state index is 15.0. The van der Waals surface area contributed by atoms with Crippen molar-refractivity contribution >= 4 is 27.5 Å². The zero-order chi connectivity index (χ0) is 26.8. The van der Waals surface area contributed by atoms with Crippen LogP contribution in [0.2, 0.25) is 0 Å². The van der Waals surface area contributed by atoms with Crippen LogP contribution in [0.1, 0.15) is 30.4 Å². The van der Waals surface area contributed by atoms with E-state index in [0.29, 0.717) is 13.1 Å². The number of benzene rings is 2. The molecule has 2 N–H and O–H groups in total. The molecular weight excluding hydrogens is 533 g/mol. The molecule has 4 rings (SSSR count). The van der Waals surface area contributed by atoms with Crippen LogP contribution in [-0.2, 0) is 22.5 Å². The molecule has 3 aromatic rings. The lowest BCUT2D eigenvalue weighted by Crippen LogP contribution is -2.50. The summed E-state index contributed by atoms with van der Waals surface area (Å²) in [5.74, 6) is -3.17. The fourth-order valence-electron chi connectivity index (χ4n) is 3.84. The van der Waals surface area contributed by atoms with Crippen LogP contribution in [0.15, 0.2) is 46.9 Å². The summed E-state index contributed by atoms with van der Waals surface area (Å²) in [5, 5.41) is 28.4. The zero-order valence-corrected chi connectivity index (χ0v) is 21.4. The van der Waals surface area contributed by atoms with Gasteiger partial charge in [-0.15, -0.1) is 10.2 Å². The van der Waals surface area contributed by atoms with E-state index in [0.717, 1.165) is 21.9 Å². The summed E-state index contributed by atoms with van der Waals surface area (Å²) in [6.07, 6.45) is -2.97. The standard InChI is InChI=1S/C23H25F3N4O5S2/c1-2-37(33,34)30(18-5-3-4-17(13-18)23(31,32)29-8-10-36-11-9-29)14-16-7-6-15(12-19(16)24)21-27-28-22(35-21)20(25)26/h3-7,12-13,20,31-32H,2,8-11,14H2,1H3. The van der Waals surface area contributed by atoms with Gasteiger partial charge in [-0.1, -0.05) is 18.2 Å². The third-order valence-corrected chi connectivity index (χ3v) is 8.60. The van der Waals surface area contributed by atoms with Crippen molar-refractivity contribution in [1.29, 1.82) is 0 Å². The monoisotopic (exact) mass is 558 g/mol. The summed E-state index contributed by atoms with van der Waals surface area (Å²) in [6, 6.07) is 9.46. The molecular formula is C23H25F3N4O5S2. The van der Waals surface area contributed by atoms with Gasteiger partial charge in [-0.2, -0.15) is 20.5 Å². The summed E-state index contributed by atoms with van der Waals surface area (Å²) >= 11 is 1.70. The molecule has 0 bridgehead atoms. The summed E-state index contributed by atoms with van der Waals surface area (Å²) in [4.78, 5) is 1.50. The molecule has 0 unspecified atom stereocenters. The van der Waals surface area contributed by atoms with Crippen LogP contribution in [-0.4, -0.2) is 64.1 Å². The number of nitrogens with zero attached hydrogens (tertiary/aromatic N) is 4. The summed E-state index contributed by atoms with van der Waals surface area (Å²) < 4.78 is 72.3. The summed E-state index contributed by atoms with van der Waals surface area (Å²) in [5.41, 5.74) is 0.250. The van der Waals surface area contributed by atoms with Gasteiger partial charge in [-0.3, -0.25) is 4.31 Å². The molecule has 1 aliphatic heterocycles. The Morgan fingerprint density at radius 3 is 2.51 bits per heavy atom. The van der Waals surface area contributed by atoms with E-state index in [2.05, 4.69) is 10.2 Å². The quantitative estimate of drug-likeness (QED) is 0.381. The van der Waals surface area contributed by atoms with Crippen LogP contribution in [0.25, 0.3) is 11.5 Å². The van der Waals surface area contributed by atoms with Gasteiger partial charge in [0, 0.05) is 41.3 Å². The van der Waals surface area contributed by atoms with E-state index in [1.165, 1.54) is 48.2 Å². The first-order chi connectivity index (χ1) is 17.5. The molecule has 0 atom stereocenters. The van der Waals surface area contributed by atoms with Gasteiger partial charge < -0.3 is 14.6 Å². The van der Waals surface area contributed by atoms with E-state index in [1.54, 1.807) is 11.8 Å². The average molecular weight is 559 g/mol. The van der Waals surface area contributed by atoms with Gasteiger partial charge in [0.2, 0.25) is 15.9 Å². The predicted molar refractivity (Wildman–Crippen MR) is 132 cm³/mol. The fourth-order valence-corrected chi connectivity index (χ4v) is 5.82. The third kappa shape index (κ3) is 5.93. The molecule has 1 aliphatic rings. The number of alkyl halides is 2. The van der Waals surface area contributed by atoms with E-state index >= 15 is 4.39 Å². The van der Waals surface area contributed by atoms with Crippen LogP contribution < -0.4 is 4.31 Å². The van der Waals surface area contributed by atoms with E-state index in [-0.39, 0.29) is 34.0 Å². The number of thioether (sulfide) groups is 1. The first kappa shape index (κ1) is 27.4. The molecule has 200 valence electrons. The van der Waals surface area contributed by atoms with Crippen molar-refractivity contribution in [3.8, 4) is 11.5 Å². The van der Waals surface area contributed by atoms with Crippen LogP contribution in [0, 0.1) is 5.82 Å². The van der Waals surface area contributed by atoms with Crippen molar-refractivity contribution in [2.24, 2.45) is 0 Å². The fraction of sp³-hybridized carbons (Fsp3) is 0.391. The number of rotatable bonds is 9. The molecule has 1 aromatic heterocycles. The third-order valence-electron chi connectivity index (χ3n) is 5.92. The van der Waals surface area contributed by atoms with Crippen LogP contribution in [0.3, 0.4) is 0 Å². The maximum Gasteiger partial charge on any atom is 0.314 e. The lowest BCUT2D eigenvalue weighted by molar-refractivity contribution is -0.273. The highest BCUT2D eigenvalue weighted by Crippen LogP contribution is 2.31. The summed E-state index contributed by atoms with van der Waals surface area (Å²) in [6.45, 7) is 1.92.